The Kier molecular flexibility index (Phi) is 6.22. The molecule has 2 aromatic rings. The van der Waals surface area contributed by atoms with Gasteiger partial charge in [-0.15, -0.1) is 0 Å². The van der Waals surface area contributed by atoms with Crippen LogP contribution in [0.4, 0.5) is 5.69 Å². The van der Waals surface area contributed by atoms with Gasteiger partial charge in [-0.2, -0.15) is 0 Å². The smallest absolute Gasteiger partial charge is 0.251 e. The molecule has 0 aliphatic rings. The molecular weight excluding hydrogens is 298 g/mol. The topological polar surface area (TPSA) is 54.0 Å². The lowest BCUT2D eigenvalue weighted by Crippen LogP contribution is -2.24. The van der Waals surface area contributed by atoms with Crippen LogP contribution in [0.3, 0.4) is 0 Å². The number of hydrogen-bond acceptors (Lipinski definition) is 3. The Labute approximate surface area is 135 Å². The van der Waals surface area contributed by atoms with Crippen molar-refractivity contribution in [2.24, 2.45) is 0 Å². The van der Waals surface area contributed by atoms with Crippen LogP contribution in [0, 0.1) is 0 Å². The van der Waals surface area contributed by atoms with E-state index in [1.165, 1.54) is 0 Å². The lowest BCUT2D eigenvalue weighted by Gasteiger charge is -2.08. The first-order valence-electron chi connectivity index (χ1n) is 7.41. The standard InChI is InChI=1S/C17H20ClN3O/c1-2-3-9-20-17(22)14-6-4-13(5-7-14)12-21-15-8-10-19-16(18)11-15/h4-8,10-11H,2-3,9,12H2,1H3,(H,19,21)(H,20,22). The average Bonchev–Trinajstić information content (AvgIpc) is 2.54. The van der Waals surface area contributed by atoms with E-state index in [4.69, 9.17) is 11.6 Å². The number of nitrogens with one attached hydrogen (secondary N) is 2. The molecule has 0 bridgehead atoms. The summed E-state index contributed by atoms with van der Waals surface area (Å²) in [5, 5.41) is 6.64. The quantitative estimate of drug-likeness (QED) is 0.602. The minimum atomic E-state index is -0.0196. The second kappa shape index (κ2) is 8.39. The van der Waals surface area contributed by atoms with Crippen LogP contribution >= 0.6 is 11.6 Å². The number of anilines is 1. The van der Waals surface area contributed by atoms with E-state index in [2.05, 4.69) is 22.5 Å². The van der Waals surface area contributed by atoms with Gasteiger partial charge in [0.1, 0.15) is 5.15 Å². The van der Waals surface area contributed by atoms with Gasteiger partial charge in [-0.1, -0.05) is 37.1 Å². The number of unbranched alkanes of at least 4 members (excludes halogenated alkanes) is 1. The van der Waals surface area contributed by atoms with Crippen LogP contribution in [-0.2, 0) is 6.54 Å². The number of amides is 1. The van der Waals surface area contributed by atoms with Crippen LogP contribution in [0.25, 0.3) is 0 Å². The summed E-state index contributed by atoms with van der Waals surface area (Å²) in [6.07, 6.45) is 3.74. The number of nitrogens with zero attached hydrogens (tertiary/aromatic N) is 1. The van der Waals surface area contributed by atoms with Crippen LogP contribution in [0.1, 0.15) is 35.7 Å². The van der Waals surface area contributed by atoms with Crippen LogP contribution in [0.2, 0.25) is 5.15 Å². The van der Waals surface area contributed by atoms with E-state index >= 15 is 0 Å². The Morgan fingerprint density at radius 2 is 2.00 bits per heavy atom. The van der Waals surface area contributed by atoms with Crippen molar-refractivity contribution in [3.63, 3.8) is 0 Å². The van der Waals surface area contributed by atoms with Crippen molar-refractivity contribution in [2.75, 3.05) is 11.9 Å². The highest BCUT2D eigenvalue weighted by Crippen LogP contribution is 2.13. The molecule has 0 atom stereocenters. The van der Waals surface area contributed by atoms with Gasteiger partial charge in [-0.3, -0.25) is 4.79 Å². The van der Waals surface area contributed by atoms with E-state index < -0.39 is 0 Å². The molecule has 1 amide bonds. The van der Waals surface area contributed by atoms with Gasteiger partial charge in [0, 0.05) is 30.5 Å². The van der Waals surface area contributed by atoms with Crippen molar-refractivity contribution in [3.05, 3.63) is 58.9 Å². The summed E-state index contributed by atoms with van der Waals surface area (Å²) < 4.78 is 0. The first-order chi connectivity index (χ1) is 10.7. The first kappa shape index (κ1) is 16.3. The normalized spacial score (nSPS) is 10.3. The molecular formula is C17H20ClN3O. The Hall–Kier alpha value is -2.07. The molecule has 0 aliphatic heterocycles. The molecule has 2 rings (SSSR count). The summed E-state index contributed by atoms with van der Waals surface area (Å²) in [4.78, 5) is 15.8. The van der Waals surface area contributed by atoms with Crippen molar-refractivity contribution in [1.29, 1.82) is 0 Å². The van der Waals surface area contributed by atoms with Gasteiger partial charge in [-0.05, 0) is 36.2 Å². The van der Waals surface area contributed by atoms with Crippen molar-refractivity contribution < 1.29 is 4.79 Å². The van der Waals surface area contributed by atoms with Gasteiger partial charge in [0.25, 0.3) is 5.91 Å². The van der Waals surface area contributed by atoms with Crippen molar-refractivity contribution in [1.82, 2.24) is 10.3 Å². The van der Waals surface area contributed by atoms with Crippen LogP contribution in [0.5, 0.6) is 0 Å². The fourth-order valence-corrected chi connectivity index (χ4v) is 2.15. The second-order valence-corrected chi connectivity index (χ2v) is 5.41. The molecule has 22 heavy (non-hydrogen) atoms. The number of carbonyl (C=O) groups excluding carboxylic acids is 1. The van der Waals surface area contributed by atoms with E-state index in [1.807, 2.05) is 30.3 Å². The molecule has 0 fully saturated rings. The maximum absolute atomic E-state index is 11.9. The zero-order chi connectivity index (χ0) is 15.8. The minimum Gasteiger partial charge on any atom is -0.381 e. The van der Waals surface area contributed by atoms with Gasteiger partial charge >= 0.3 is 0 Å². The lowest BCUT2D eigenvalue weighted by molar-refractivity contribution is 0.0953. The minimum absolute atomic E-state index is 0.0196. The number of hydrogen-bond donors (Lipinski definition) is 2. The van der Waals surface area contributed by atoms with Gasteiger partial charge in [0.2, 0.25) is 0 Å². The highest BCUT2D eigenvalue weighted by atomic mass is 35.5. The molecule has 0 aliphatic carbocycles. The molecule has 5 heteroatoms. The molecule has 0 saturated carbocycles. The molecule has 0 unspecified atom stereocenters. The molecule has 4 nitrogen and oxygen atoms in total. The third-order valence-electron chi connectivity index (χ3n) is 3.26. The third-order valence-corrected chi connectivity index (χ3v) is 3.46. The Morgan fingerprint density at radius 3 is 2.68 bits per heavy atom. The Balaban J connectivity index is 1.87. The molecule has 0 saturated heterocycles. The van der Waals surface area contributed by atoms with Gasteiger partial charge in [0.05, 0.1) is 0 Å². The van der Waals surface area contributed by atoms with Crippen LogP contribution < -0.4 is 10.6 Å². The van der Waals surface area contributed by atoms with Crippen LogP contribution in [-0.4, -0.2) is 17.4 Å². The number of carbonyl (C=O) groups is 1. The summed E-state index contributed by atoms with van der Waals surface area (Å²) in [5.41, 5.74) is 2.70. The van der Waals surface area contributed by atoms with Gasteiger partial charge in [-0.25, -0.2) is 4.98 Å². The molecule has 1 heterocycles. The third kappa shape index (κ3) is 5.04. The fraction of sp³-hybridized carbons (Fsp3) is 0.294. The SMILES string of the molecule is CCCCNC(=O)c1ccc(CNc2ccnc(Cl)c2)cc1. The van der Waals surface area contributed by atoms with Crippen LogP contribution in [0.15, 0.2) is 42.6 Å². The molecule has 0 radical (unpaired) electrons. The zero-order valence-corrected chi connectivity index (χ0v) is 13.4. The summed E-state index contributed by atoms with van der Waals surface area (Å²) in [5.74, 6) is -0.0196. The summed E-state index contributed by atoms with van der Waals surface area (Å²) in [7, 11) is 0. The van der Waals surface area contributed by atoms with Crippen molar-refractivity contribution in [3.8, 4) is 0 Å². The maximum atomic E-state index is 11.9. The van der Waals surface area contributed by atoms with Crippen molar-refractivity contribution in [2.45, 2.75) is 26.3 Å². The molecule has 1 aromatic heterocycles. The predicted molar refractivity (Wildman–Crippen MR) is 90.3 cm³/mol. The Bertz CT molecular complexity index is 614. The zero-order valence-electron chi connectivity index (χ0n) is 12.6. The monoisotopic (exact) mass is 317 g/mol. The largest absolute Gasteiger partial charge is 0.381 e. The second-order valence-electron chi connectivity index (χ2n) is 5.03. The maximum Gasteiger partial charge on any atom is 0.251 e. The van der Waals surface area contributed by atoms with E-state index in [-0.39, 0.29) is 5.91 Å². The highest BCUT2D eigenvalue weighted by Gasteiger charge is 2.04. The number of pyridine rings is 1. The molecule has 116 valence electrons. The number of halogens is 1. The summed E-state index contributed by atoms with van der Waals surface area (Å²) in [6, 6.07) is 11.2. The van der Waals surface area contributed by atoms with E-state index in [0.29, 0.717) is 17.3 Å². The van der Waals surface area contributed by atoms with Gasteiger partial charge < -0.3 is 10.6 Å². The van der Waals surface area contributed by atoms with E-state index in [9.17, 15) is 4.79 Å². The molecule has 2 N–H and O–H groups in total. The molecule has 1 aromatic carbocycles. The van der Waals surface area contributed by atoms with E-state index in [1.54, 1.807) is 12.3 Å². The molecule has 0 spiro atoms. The number of rotatable bonds is 7. The van der Waals surface area contributed by atoms with Gasteiger partial charge in [0.15, 0.2) is 0 Å². The average molecular weight is 318 g/mol. The van der Waals surface area contributed by atoms with E-state index in [0.717, 1.165) is 30.6 Å². The Morgan fingerprint density at radius 1 is 1.23 bits per heavy atom. The number of aromatic nitrogens is 1. The van der Waals surface area contributed by atoms with Crippen molar-refractivity contribution >= 4 is 23.2 Å². The predicted octanol–water partition coefficient (Wildman–Crippen LogP) is 3.88. The summed E-state index contributed by atoms with van der Waals surface area (Å²) in [6.45, 7) is 3.49. The lowest BCUT2D eigenvalue weighted by atomic mass is 10.1. The fourth-order valence-electron chi connectivity index (χ4n) is 1.97. The number of benzene rings is 1. The highest BCUT2D eigenvalue weighted by molar-refractivity contribution is 6.29. The summed E-state index contributed by atoms with van der Waals surface area (Å²) >= 11 is 5.84. The first-order valence-corrected chi connectivity index (χ1v) is 7.79.